The minimum absolute atomic E-state index is 0.0995. The van der Waals surface area contributed by atoms with Crippen molar-refractivity contribution in [3.63, 3.8) is 0 Å². The van der Waals surface area contributed by atoms with Crippen molar-refractivity contribution in [1.82, 2.24) is 9.88 Å². The topological polar surface area (TPSA) is 99.6 Å². The van der Waals surface area contributed by atoms with E-state index in [4.69, 9.17) is 5.11 Å². The standard InChI is InChI=1S/C21H23N3O4/c25-19(26)9-8-15-4-3-11-24(14-15)21(28)16-5-1-7-18(12-16)23-20(27)17-6-2-10-22-13-17/h1-2,5-7,10,12-13,15H,3-4,8-9,11,14H2,(H,23,27)(H,25,26). The number of carbonyl (C=O) groups is 3. The second kappa shape index (κ2) is 9.12. The molecule has 1 aliphatic heterocycles. The summed E-state index contributed by atoms with van der Waals surface area (Å²) in [7, 11) is 0. The number of amides is 2. The van der Waals surface area contributed by atoms with Gasteiger partial charge in [0.15, 0.2) is 0 Å². The van der Waals surface area contributed by atoms with E-state index >= 15 is 0 Å². The van der Waals surface area contributed by atoms with E-state index in [1.807, 2.05) is 0 Å². The summed E-state index contributed by atoms with van der Waals surface area (Å²) in [5.74, 6) is -0.982. The number of likely N-dealkylation sites (tertiary alicyclic amines) is 1. The predicted octanol–water partition coefficient (Wildman–Crippen LogP) is 3.05. The van der Waals surface area contributed by atoms with Crippen LogP contribution in [0.3, 0.4) is 0 Å². The summed E-state index contributed by atoms with van der Waals surface area (Å²) >= 11 is 0. The highest BCUT2D eigenvalue weighted by molar-refractivity contribution is 6.04. The Morgan fingerprint density at radius 1 is 1.18 bits per heavy atom. The lowest BCUT2D eigenvalue weighted by Gasteiger charge is -2.32. The normalized spacial score (nSPS) is 16.4. The summed E-state index contributed by atoms with van der Waals surface area (Å²) in [6, 6.07) is 10.2. The highest BCUT2D eigenvalue weighted by atomic mass is 16.4. The highest BCUT2D eigenvalue weighted by Crippen LogP contribution is 2.23. The van der Waals surface area contributed by atoms with Crippen LogP contribution in [0.2, 0.25) is 0 Å². The first-order valence-electron chi connectivity index (χ1n) is 9.35. The van der Waals surface area contributed by atoms with Gasteiger partial charge in [0.05, 0.1) is 5.56 Å². The molecule has 28 heavy (non-hydrogen) atoms. The number of carbonyl (C=O) groups excluding carboxylic acids is 2. The number of benzene rings is 1. The van der Waals surface area contributed by atoms with Gasteiger partial charge in [-0.15, -0.1) is 0 Å². The minimum atomic E-state index is -0.805. The first kappa shape index (κ1) is 19.5. The molecular weight excluding hydrogens is 358 g/mol. The van der Waals surface area contributed by atoms with Crippen molar-refractivity contribution in [2.24, 2.45) is 5.92 Å². The van der Waals surface area contributed by atoms with Crippen molar-refractivity contribution in [1.29, 1.82) is 0 Å². The van der Waals surface area contributed by atoms with Gasteiger partial charge in [-0.3, -0.25) is 19.4 Å². The second-order valence-electron chi connectivity index (χ2n) is 6.97. The smallest absolute Gasteiger partial charge is 0.303 e. The van der Waals surface area contributed by atoms with Crippen molar-refractivity contribution >= 4 is 23.5 Å². The average Bonchev–Trinajstić information content (AvgIpc) is 2.72. The molecular formula is C21H23N3O4. The SMILES string of the molecule is O=C(O)CCC1CCCN(C(=O)c2cccc(NC(=O)c3cccnc3)c2)C1. The summed E-state index contributed by atoms with van der Waals surface area (Å²) in [6.07, 6.45) is 5.60. The summed E-state index contributed by atoms with van der Waals surface area (Å²) in [4.78, 5) is 41.6. The van der Waals surface area contributed by atoms with Crippen LogP contribution >= 0.6 is 0 Å². The molecule has 2 heterocycles. The highest BCUT2D eigenvalue weighted by Gasteiger charge is 2.25. The zero-order valence-corrected chi connectivity index (χ0v) is 15.5. The van der Waals surface area contributed by atoms with Crippen molar-refractivity contribution in [3.05, 3.63) is 59.9 Å². The maximum atomic E-state index is 12.9. The number of hydrogen-bond acceptors (Lipinski definition) is 4. The minimum Gasteiger partial charge on any atom is -0.481 e. The number of aliphatic carboxylic acids is 1. The van der Waals surface area contributed by atoms with E-state index in [0.717, 1.165) is 12.8 Å². The Morgan fingerprint density at radius 2 is 2.00 bits per heavy atom. The molecule has 3 rings (SSSR count). The van der Waals surface area contributed by atoms with E-state index in [9.17, 15) is 14.4 Å². The van der Waals surface area contributed by atoms with Crippen LogP contribution in [0.15, 0.2) is 48.8 Å². The maximum absolute atomic E-state index is 12.9. The van der Waals surface area contributed by atoms with Crippen LogP contribution in [0, 0.1) is 5.92 Å². The van der Waals surface area contributed by atoms with Crippen molar-refractivity contribution in [2.75, 3.05) is 18.4 Å². The number of carboxylic acids is 1. The molecule has 146 valence electrons. The third-order valence-electron chi connectivity index (χ3n) is 4.86. The van der Waals surface area contributed by atoms with Crippen LogP contribution in [0.5, 0.6) is 0 Å². The number of hydrogen-bond donors (Lipinski definition) is 2. The molecule has 1 unspecified atom stereocenters. The van der Waals surface area contributed by atoms with Gasteiger partial charge in [-0.2, -0.15) is 0 Å². The van der Waals surface area contributed by atoms with E-state index in [1.165, 1.54) is 6.20 Å². The third-order valence-corrected chi connectivity index (χ3v) is 4.86. The number of rotatable bonds is 6. The number of aromatic nitrogens is 1. The molecule has 0 saturated carbocycles. The van der Waals surface area contributed by atoms with Crippen LogP contribution in [-0.2, 0) is 4.79 Å². The molecule has 2 amide bonds. The summed E-state index contributed by atoms with van der Waals surface area (Å²) in [6.45, 7) is 1.23. The largest absolute Gasteiger partial charge is 0.481 e. The van der Waals surface area contributed by atoms with Gasteiger partial charge in [0.25, 0.3) is 11.8 Å². The Labute approximate surface area is 163 Å². The Morgan fingerprint density at radius 3 is 2.75 bits per heavy atom. The second-order valence-corrected chi connectivity index (χ2v) is 6.97. The van der Waals surface area contributed by atoms with Gasteiger partial charge >= 0.3 is 5.97 Å². The van der Waals surface area contributed by atoms with Gasteiger partial charge in [-0.1, -0.05) is 6.07 Å². The fraction of sp³-hybridized carbons (Fsp3) is 0.333. The molecule has 2 N–H and O–H groups in total. The predicted molar refractivity (Wildman–Crippen MR) is 104 cm³/mol. The molecule has 0 bridgehead atoms. The van der Waals surface area contributed by atoms with Crippen molar-refractivity contribution in [3.8, 4) is 0 Å². The molecule has 0 aliphatic carbocycles. The molecule has 1 aliphatic rings. The Kier molecular flexibility index (Phi) is 6.37. The number of anilines is 1. The first-order chi connectivity index (χ1) is 13.5. The van der Waals surface area contributed by atoms with Crippen molar-refractivity contribution < 1.29 is 19.5 Å². The lowest BCUT2D eigenvalue weighted by atomic mass is 9.93. The van der Waals surface area contributed by atoms with Crippen LogP contribution in [0.4, 0.5) is 5.69 Å². The van der Waals surface area contributed by atoms with E-state index < -0.39 is 5.97 Å². The molecule has 7 heteroatoms. The molecule has 1 saturated heterocycles. The average molecular weight is 381 g/mol. The number of pyridine rings is 1. The summed E-state index contributed by atoms with van der Waals surface area (Å²) < 4.78 is 0. The first-order valence-corrected chi connectivity index (χ1v) is 9.35. The van der Waals surface area contributed by atoms with Crippen molar-refractivity contribution in [2.45, 2.75) is 25.7 Å². The summed E-state index contributed by atoms with van der Waals surface area (Å²) in [5, 5.41) is 11.6. The van der Waals surface area contributed by atoms with Crippen LogP contribution in [0.25, 0.3) is 0 Å². The lowest BCUT2D eigenvalue weighted by Crippen LogP contribution is -2.40. The van der Waals surface area contributed by atoms with E-state index in [-0.39, 0.29) is 24.2 Å². The van der Waals surface area contributed by atoms with Gasteiger partial charge < -0.3 is 15.3 Å². The van der Waals surface area contributed by atoms with E-state index in [0.29, 0.717) is 36.3 Å². The Hall–Kier alpha value is -3.22. The Balaban J connectivity index is 1.65. The number of piperidine rings is 1. The zero-order valence-electron chi connectivity index (χ0n) is 15.5. The van der Waals surface area contributed by atoms with E-state index in [1.54, 1.807) is 47.5 Å². The monoisotopic (exact) mass is 381 g/mol. The molecule has 7 nitrogen and oxygen atoms in total. The number of nitrogens with one attached hydrogen (secondary N) is 1. The van der Waals surface area contributed by atoms with Gasteiger partial charge in [0.1, 0.15) is 0 Å². The van der Waals surface area contributed by atoms with Crippen LogP contribution in [0.1, 0.15) is 46.4 Å². The zero-order chi connectivity index (χ0) is 19.9. The van der Waals surface area contributed by atoms with Gasteiger partial charge in [-0.05, 0) is 55.5 Å². The third kappa shape index (κ3) is 5.16. The molecule has 0 radical (unpaired) electrons. The van der Waals surface area contributed by atoms with Gasteiger partial charge in [0, 0.05) is 43.2 Å². The van der Waals surface area contributed by atoms with E-state index in [2.05, 4.69) is 10.3 Å². The fourth-order valence-corrected chi connectivity index (χ4v) is 3.43. The number of carboxylic acid groups (broad SMARTS) is 1. The number of nitrogens with zero attached hydrogens (tertiary/aromatic N) is 2. The maximum Gasteiger partial charge on any atom is 0.303 e. The molecule has 1 fully saturated rings. The molecule has 2 aromatic rings. The van der Waals surface area contributed by atoms with Crippen LogP contribution in [-0.4, -0.2) is 45.9 Å². The quantitative estimate of drug-likeness (QED) is 0.801. The molecule has 1 atom stereocenters. The molecule has 0 spiro atoms. The fourth-order valence-electron chi connectivity index (χ4n) is 3.43. The van der Waals surface area contributed by atoms with Gasteiger partial charge in [-0.25, -0.2) is 0 Å². The van der Waals surface area contributed by atoms with Gasteiger partial charge in [0.2, 0.25) is 0 Å². The van der Waals surface area contributed by atoms with Crippen LogP contribution < -0.4 is 5.32 Å². The molecule has 1 aromatic heterocycles. The lowest BCUT2D eigenvalue weighted by molar-refractivity contribution is -0.137. The summed E-state index contributed by atoms with van der Waals surface area (Å²) in [5.41, 5.74) is 1.48. The molecule has 1 aromatic carbocycles. The Bertz CT molecular complexity index is 854.